The number of carbonyl (C=O) groups excluding carboxylic acids is 1. The van der Waals surface area contributed by atoms with Gasteiger partial charge < -0.3 is 0 Å². The summed E-state index contributed by atoms with van der Waals surface area (Å²) in [6.07, 6.45) is -2.17. The van der Waals surface area contributed by atoms with Gasteiger partial charge in [0.1, 0.15) is 5.82 Å². The molecule has 0 N–H and O–H groups in total. The first kappa shape index (κ1) is 15.6. The molecule has 2 fully saturated rings. The van der Waals surface area contributed by atoms with Gasteiger partial charge in [0.05, 0.1) is 11.1 Å². The summed E-state index contributed by atoms with van der Waals surface area (Å²) in [6, 6.07) is 2.00. The molecule has 7 heteroatoms. The first-order valence-corrected chi connectivity index (χ1v) is 8.35. The average Bonchev–Trinajstić information content (AvgIpc) is 2.67. The number of ketones is 1. The Morgan fingerprint density at radius 2 is 1.73 bits per heavy atom. The normalized spacial score (nSPS) is 31.3. The second kappa shape index (κ2) is 5.44. The van der Waals surface area contributed by atoms with Crippen LogP contribution in [-0.2, 0) is 17.0 Å². The van der Waals surface area contributed by atoms with Crippen molar-refractivity contribution in [3.63, 3.8) is 0 Å². The van der Waals surface area contributed by atoms with Gasteiger partial charge in [-0.25, -0.2) is 4.39 Å². The smallest absolute Gasteiger partial charge is 0.294 e. The molecule has 120 valence electrons. The highest BCUT2D eigenvalue weighted by Crippen LogP contribution is 2.40. The summed E-state index contributed by atoms with van der Waals surface area (Å²) in [4.78, 5) is 12.4. The van der Waals surface area contributed by atoms with E-state index in [2.05, 4.69) is 0 Å². The Balaban J connectivity index is 1.83. The Bertz CT molecular complexity index is 625. The number of carbonyl (C=O) groups is 1. The van der Waals surface area contributed by atoms with Crippen LogP contribution in [0.15, 0.2) is 18.2 Å². The molecule has 2 saturated heterocycles. The summed E-state index contributed by atoms with van der Waals surface area (Å²) < 4.78 is 63.4. The molecule has 22 heavy (non-hydrogen) atoms. The van der Waals surface area contributed by atoms with Gasteiger partial charge in [0.25, 0.3) is 0 Å². The monoisotopic (exact) mass is 334 g/mol. The maximum Gasteiger partial charge on any atom is 0.416 e. The topological polar surface area (TPSA) is 34.1 Å². The van der Waals surface area contributed by atoms with Gasteiger partial charge >= 0.3 is 6.18 Å². The highest BCUT2D eigenvalue weighted by atomic mass is 32.2. The third-order valence-electron chi connectivity index (χ3n) is 4.50. The summed E-state index contributed by atoms with van der Waals surface area (Å²) in [7, 11) is -0.928. The van der Waals surface area contributed by atoms with Gasteiger partial charge in [0, 0.05) is 27.2 Å². The molecule has 3 rings (SSSR count). The fourth-order valence-corrected chi connectivity index (χ4v) is 5.48. The van der Waals surface area contributed by atoms with Crippen molar-refractivity contribution < 1.29 is 26.6 Å². The number of halogens is 4. The quantitative estimate of drug-likeness (QED) is 0.610. The summed E-state index contributed by atoms with van der Waals surface area (Å²) >= 11 is 0. The summed E-state index contributed by atoms with van der Waals surface area (Å²) in [5.41, 5.74) is -1.41. The third kappa shape index (κ3) is 2.71. The molecule has 0 aromatic heterocycles. The molecule has 0 radical (unpaired) electrons. The Labute approximate surface area is 127 Å². The van der Waals surface area contributed by atoms with E-state index in [-0.39, 0.29) is 16.1 Å². The fraction of sp³-hybridized carbons (Fsp3) is 0.533. The van der Waals surface area contributed by atoms with E-state index in [0.717, 1.165) is 25.0 Å². The van der Waals surface area contributed by atoms with E-state index in [1.165, 1.54) is 0 Å². The van der Waals surface area contributed by atoms with Crippen LogP contribution in [0.1, 0.15) is 41.6 Å². The van der Waals surface area contributed by atoms with Gasteiger partial charge in [-0.3, -0.25) is 9.00 Å². The van der Waals surface area contributed by atoms with Crippen LogP contribution >= 0.6 is 0 Å². The maximum absolute atomic E-state index is 13.9. The molecule has 2 bridgehead atoms. The number of benzene rings is 1. The predicted octanol–water partition coefficient (Wildman–Crippen LogP) is 3.72. The van der Waals surface area contributed by atoms with Crippen LogP contribution in [0.4, 0.5) is 17.6 Å². The molecular formula is C15H14F4O2S. The second-order valence-corrected chi connectivity index (χ2v) is 7.87. The van der Waals surface area contributed by atoms with E-state index < -0.39 is 40.1 Å². The lowest BCUT2D eigenvalue weighted by atomic mass is 9.90. The lowest BCUT2D eigenvalue weighted by Gasteiger charge is -2.26. The number of rotatable bonds is 2. The average molecular weight is 334 g/mol. The first-order chi connectivity index (χ1) is 10.3. The van der Waals surface area contributed by atoms with Gasteiger partial charge in [0.15, 0.2) is 5.78 Å². The Morgan fingerprint density at radius 1 is 1.14 bits per heavy atom. The molecule has 0 aliphatic carbocycles. The third-order valence-corrected chi connectivity index (χ3v) is 6.67. The van der Waals surface area contributed by atoms with Gasteiger partial charge in [-0.1, -0.05) is 0 Å². The maximum atomic E-state index is 13.9. The fourth-order valence-electron chi connectivity index (χ4n) is 3.36. The first-order valence-electron chi connectivity index (χ1n) is 7.07. The van der Waals surface area contributed by atoms with Gasteiger partial charge in [-0.05, 0) is 43.9 Å². The zero-order valence-electron chi connectivity index (χ0n) is 11.5. The van der Waals surface area contributed by atoms with Crippen molar-refractivity contribution in [2.24, 2.45) is 5.92 Å². The Kier molecular flexibility index (Phi) is 3.87. The van der Waals surface area contributed by atoms with Crippen molar-refractivity contribution in [2.75, 3.05) is 0 Å². The molecule has 2 atom stereocenters. The van der Waals surface area contributed by atoms with Gasteiger partial charge in [-0.15, -0.1) is 0 Å². The molecule has 2 unspecified atom stereocenters. The minimum atomic E-state index is -4.64. The van der Waals surface area contributed by atoms with E-state index in [1.807, 2.05) is 0 Å². The predicted molar refractivity (Wildman–Crippen MR) is 73.4 cm³/mol. The van der Waals surface area contributed by atoms with Crippen LogP contribution in [0, 0.1) is 11.7 Å². The molecule has 0 saturated carbocycles. The van der Waals surface area contributed by atoms with E-state index in [0.29, 0.717) is 18.9 Å². The lowest BCUT2D eigenvalue weighted by Crippen LogP contribution is -2.32. The van der Waals surface area contributed by atoms with Crippen LogP contribution in [-0.4, -0.2) is 20.5 Å². The molecule has 0 spiro atoms. The van der Waals surface area contributed by atoms with Crippen LogP contribution in [0.25, 0.3) is 0 Å². The van der Waals surface area contributed by atoms with Crippen LogP contribution < -0.4 is 0 Å². The number of alkyl halides is 3. The molecular weight excluding hydrogens is 320 g/mol. The van der Waals surface area contributed by atoms with E-state index in [1.54, 1.807) is 0 Å². The highest BCUT2D eigenvalue weighted by Gasteiger charge is 2.43. The highest BCUT2D eigenvalue weighted by molar-refractivity contribution is 7.86. The van der Waals surface area contributed by atoms with Gasteiger partial charge in [0.2, 0.25) is 0 Å². The van der Waals surface area contributed by atoms with Crippen molar-refractivity contribution in [2.45, 2.75) is 42.4 Å². The Hall–Kier alpha value is -1.24. The largest absolute Gasteiger partial charge is 0.416 e. The van der Waals surface area contributed by atoms with Gasteiger partial charge in [-0.2, -0.15) is 13.2 Å². The van der Waals surface area contributed by atoms with E-state index >= 15 is 0 Å². The number of hydrogen-bond acceptors (Lipinski definition) is 2. The molecule has 1 aromatic rings. The molecule has 0 amide bonds. The summed E-state index contributed by atoms with van der Waals surface area (Å²) in [5, 5.41) is -0.0737. The zero-order chi connectivity index (χ0) is 16.1. The summed E-state index contributed by atoms with van der Waals surface area (Å²) in [5.74, 6) is -2.06. The van der Waals surface area contributed by atoms with Crippen molar-refractivity contribution in [1.29, 1.82) is 0 Å². The lowest BCUT2D eigenvalue weighted by molar-refractivity contribution is -0.137. The minimum Gasteiger partial charge on any atom is -0.294 e. The molecule has 2 nitrogen and oxygen atoms in total. The molecule has 2 aliphatic rings. The number of hydrogen-bond donors (Lipinski definition) is 0. The second-order valence-electron chi connectivity index (χ2n) is 5.87. The molecule has 1 aromatic carbocycles. The van der Waals surface area contributed by atoms with E-state index in [9.17, 15) is 26.6 Å². The van der Waals surface area contributed by atoms with Crippen molar-refractivity contribution in [3.8, 4) is 0 Å². The van der Waals surface area contributed by atoms with E-state index in [4.69, 9.17) is 0 Å². The SMILES string of the molecule is O=C(c1ccc(C(F)(F)F)cc1F)C1CC2CCC(C1)S2=O. The van der Waals surface area contributed by atoms with Crippen LogP contribution in [0.2, 0.25) is 0 Å². The van der Waals surface area contributed by atoms with Crippen molar-refractivity contribution >= 4 is 16.6 Å². The minimum absolute atomic E-state index is 0.0368. The number of fused-ring (bicyclic) bond motifs is 2. The van der Waals surface area contributed by atoms with Crippen molar-refractivity contribution in [1.82, 2.24) is 0 Å². The number of Topliss-reactive ketones (excluding diaryl/α,β-unsaturated/α-hetero) is 1. The van der Waals surface area contributed by atoms with Crippen LogP contribution in [0.5, 0.6) is 0 Å². The summed E-state index contributed by atoms with van der Waals surface area (Å²) in [6.45, 7) is 0. The molecule has 2 aliphatic heterocycles. The standard InChI is InChI=1S/C15H14F4O2S/c16-13-7-9(15(17,18)19)1-4-12(13)14(20)8-5-10-2-3-11(6-8)22(10)21/h1,4,7-8,10-11H,2-3,5-6H2. The Morgan fingerprint density at radius 3 is 2.23 bits per heavy atom. The zero-order valence-corrected chi connectivity index (χ0v) is 12.3. The van der Waals surface area contributed by atoms with Crippen molar-refractivity contribution in [3.05, 3.63) is 35.1 Å². The van der Waals surface area contributed by atoms with Crippen LogP contribution in [0.3, 0.4) is 0 Å². The molecule has 2 heterocycles.